The number of thiazole rings is 1. The maximum absolute atomic E-state index is 14.0. The Morgan fingerprint density at radius 3 is 2.31 bits per heavy atom. The maximum atomic E-state index is 14.0. The van der Waals surface area contributed by atoms with E-state index in [1.54, 1.807) is 26.3 Å². The summed E-state index contributed by atoms with van der Waals surface area (Å²) in [6.45, 7) is 20.7. The second kappa shape index (κ2) is 16.6. The molecule has 13 nitrogen and oxygen atoms in total. The summed E-state index contributed by atoms with van der Waals surface area (Å²) in [6.07, 6.45) is 0.558. The van der Waals surface area contributed by atoms with E-state index in [0.717, 1.165) is 16.1 Å². The Hall–Kier alpha value is -4.06. The first-order chi connectivity index (χ1) is 25.4. The second-order valence-corrected chi connectivity index (χ2v) is 19.0. The number of carbonyl (C=O) groups is 4. The minimum atomic E-state index is -1.13. The summed E-state index contributed by atoms with van der Waals surface area (Å²) in [5.41, 5.74) is 0.341. The predicted octanol–water partition coefficient (Wildman–Crippen LogP) is 5.61. The van der Waals surface area contributed by atoms with Crippen LogP contribution in [0, 0.1) is 29.1 Å². The van der Waals surface area contributed by atoms with Crippen LogP contribution in [-0.2, 0) is 35.2 Å². The van der Waals surface area contributed by atoms with Crippen molar-refractivity contribution in [3.8, 4) is 22.3 Å². The molecule has 1 aromatic heterocycles. The molecule has 55 heavy (non-hydrogen) atoms. The summed E-state index contributed by atoms with van der Waals surface area (Å²) in [5, 5.41) is 26.0. The normalized spacial score (nSPS) is 18.9. The van der Waals surface area contributed by atoms with Crippen molar-refractivity contribution in [2.75, 3.05) is 13.2 Å². The van der Waals surface area contributed by atoms with Crippen molar-refractivity contribution >= 4 is 35.0 Å². The molecule has 1 aliphatic carbocycles. The fourth-order valence-electron chi connectivity index (χ4n) is 6.42. The van der Waals surface area contributed by atoms with Gasteiger partial charge in [0.05, 0.1) is 46.9 Å². The quantitative estimate of drug-likeness (QED) is 0.193. The van der Waals surface area contributed by atoms with E-state index in [-0.39, 0.29) is 31.9 Å². The van der Waals surface area contributed by atoms with Crippen LogP contribution in [0.5, 0.6) is 5.75 Å². The first-order valence-corrected chi connectivity index (χ1v) is 19.8. The number of β-amino-alcohol motifs (C(OH)–C–C–N with tert-alkyl or cyclic N) is 1. The van der Waals surface area contributed by atoms with Crippen LogP contribution in [-0.4, -0.2) is 86.8 Å². The Balaban J connectivity index is 1.49. The minimum absolute atomic E-state index is 0.0365. The number of likely N-dealkylation sites (tertiary alicyclic amines) is 1. The van der Waals surface area contributed by atoms with Crippen LogP contribution in [0.4, 0.5) is 0 Å². The van der Waals surface area contributed by atoms with E-state index < -0.39 is 63.5 Å². The number of hydrogen-bond acceptors (Lipinski definition) is 11. The SMILES string of the molecule is Cc1ncsc1-c1ccc(CNC(=O)[C@@H]2C[C@@H](O)CN2C(=O)[C@@H](NC(=O)C2(C#N)CC2)C(C)(C)C)c(OC(C)(C)CCOC(C)(C)CC(=O)OC(C)(C)C)c1. The monoisotopic (exact) mass is 781 g/mol. The van der Waals surface area contributed by atoms with Crippen LogP contribution < -0.4 is 15.4 Å². The molecule has 1 aromatic carbocycles. The standard InChI is InChI=1S/C41H59N5O8S/c1-25-32(55-24-44-25)26-12-13-27(30(18-26)53-39(8,9)16-17-52-40(10,11)20-31(48)54-38(5,6)7)21-43-34(49)29-19-28(47)22-46(29)35(50)33(37(2,3)4)45-36(51)41(23-42)14-15-41/h12-13,18,24,28-29,33,47H,14-17,19-22H2,1-11H3,(H,43,49)(H,45,51)/t28-,29+,33-/m1/s1. The molecule has 0 unspecified atom stereocenters. The zero-order valence-corrected chi connectivity index (χ0v) is 35.1. The number of nitriles is 1. The third kappa shape index (κ3) is 11.7. The molecule has 0 radical (unpaired) electrons. The molecule has 4 rings (SSSR count). The van der Waals surface area contributed by atoms with Gasteiger partial charge < -0.3 is 34.9 Å². The maximum Gasteiger partial charge on any atom is 0.309 e. The lowest BCUT2D eigenvalue weighted by atomic mass is 9.85. The number of carbonyl (C=O) groups excluding carboxylic acids is 4. The first kappa shape index (κ1) is 43.7. The van der Waals surface area contributed by atoms with E-state index in [1.165, 1.54) is 16.2 Å². The van der Waals surface area contributed by atoms with E-state index in [1.807, 2.05) is 73.6 Å². The molecule has 0 spiro atoms. The van der Waals surface area contributed by atoms with Crippen molar-refractivity contribution < 1.29 is 38.5 Å². The number of aliphatic hydroxyl groups is 1. The molecule has 3 atom stereocenters. The lowest BCUT2D eigenvalue weighted by Gasteiger charge is -2.35. The molecule has 2 aliphatic rings. The van der Waals surface area contributed by atoms with Crippen molar-refractivity contribution in [3.63, 3.8) is 0 Å². The Labute approximate surface area is 329 Å². The van der Waals surface area contributed by atoms with Crippen LogP contribution >= 0.6 is 11.3 Å². The molecule has 3 amide bonds. The van der Waals surface area contributed by atoms with Gasteiger partial charge in [0.1, 0.15) is 34.5 Å². The number of nitrogens with zero attached hydrogens (tertiary/aromatic N) is 3. The molecule has 2 heterocycles. The fourth-order valence-corrected chi connectivity index (χ4v) is 7.22. The minimum Gasteiger partial charge on any atom is -0.487 e. The number of ether oxygens (including phenoxy) is 3. The number of rotatable bonds is 15. The highest BCUT2D eigenvalue weighted by atomic mass is 32.1. The number of amides is 3. The Morgan fingerprint density at radius 2 is 1.75 bits per heavy atom. The Bertz CT molecular complexity index is 1780. The predicted molar refractivity (Wildman–Crippen MR) is 209 cm³/mol. The molecule has 1 saturated carbocycles. The molecule has 2 fully saturated rings. The average Bonchev–Trinajstić information content (AvgIpc) is 3.58. The van der Waals surface area contributed by atoms with Crippen molar-refractivity contribution in [1.82, 2.24) is 20.5 Å². The van der Waals surface area contributed by atoms with Crippen LogP contribution in [0.1, 0.15) is 113 Å². The topological polar surface area (TPSA) is 180 Å². The summed E-state index contributed by atoms with van der Waals surface area (Å²) >= 11 is 1.51. The molecule has 1 saturated heterocycles. The van der Waals surface area contributed by atoms with Crippen LogP contribution in [0.25, 0.3) is 10.4 Å². The Morgan fingerprint density at radius 1 is 1.07 bits per heavy atom. The van der Waals surface area contributed by atoms with Crippen LogP contribution in [0.3, 0.4) is 0 Å². The zero-order chi connectivity index (χ0) is 41.1. The highest BCUT2D eigenvalue weighted by Crippen LogP contribution is 2.45. The molecule has 0 bridgehead atoms. The van der Waals surface area contributed by atoms with Gasteiger partial charge >= 0.3 is 5.97 Å². The number of aryl methyl sites for hydroxylation is 1. The summed E-state index contributed by atoms with van der Waals surface area (Å²) in [7, 11) is 0. The number of hydrogen-bond donors (Lipinski definition) is 3. The molecule has 302 valence electrons. The Kier molecular flexibility index (Phi) is 13.2. The van der Waals surface area contributed by atoms with Crippen molar-refractivity contribution in [1.29, 1.82) is 5.26 Å². The fraction of sp³-hybridized carbons (Fsp3) is 0.659. The summed E-state index contributed by atoms with van der Waals surface area (Å²) < 4.78 is 18.3. The summed E-state index contributed by atoms with van der Waals surface area (Å²) in [4.78, 5) is 60.1. The summed E-state index contributed by atoms with van der Waals surface area (Å²) in [6, 6.07) is 5.85. The second-order valence-electron chi connectivity index (χ2n) is 18.2. The molecular formula is C41H59N5O8S. The first-order valence-electron chi connectivity index (χ1n) is 18.9. The van der Waals surface area contributed by atoms with E-state index in [9.17, 15) is 29.5 Å². The number of esters is 1. The van der Waals surface area contributed by atoms with E-state index in [4.69, 9.17) is 14.2 Å². The van der Waals surface area contributed by atoms with Crippen LogP contribution in [0.15, 0.2) is 23.7 Å². The number of nitrogens with one attached hydrogen (secondary N) is 2. The van der Waals surface area contributed by atoms with Gasteiger partial charge in [-0.15, -0.1) is 11.3 Å². The van der Waals surface area contributed by atoms with Gasteiger partial charge in [0.2, 0.25) is 17.7 Å². The molecule has 3 N–H and O–H groups in total. The van der Waals surface area contributed by atoms with Gasteiger partial charge in [-0.1, -0.05) is 32.9 Å². The third-order valence-electron chi connectivity index (χ3n) is 9.75. The van der Waals surface area contributed by atoms with Gasteiger partial charge in [-0.05, 0) is 85.3 Å². The number of aliphatic hydroxyl groups excluding tert-OH is 1. The summed E-state index contributed by atoms with van der Waals surface area (Å²) in [5.74, 6) is -1.22. The molecular weight excluding hydrogens is 723 g/mol. The van der Waals surface area contributed by atoms with E-state index in [2.05, 4.69) is 21.7 Å². The number of aromatic nitrogens is 1. The highest BCUT2D eigenvalue weighted by Gasteiger charge is 2.53. The van der Waals surface area contributed by atoms with Gasteiger partial charge in [0.15, 0.2) is 0 Å². The van der Waals surface area contributed by atoms with Gasteiger partial charge in [-0.3, -0.25) is 19.2 Å². The molecule has 2 aromatic rings. The molecule has 1 aliphatic heterocycles. The lowest BCUT2D eigenvalue weighted by Crippen LogP contribution is -2.58. The van der Waals surface area contributed by atoms with Crippen LogP contribution in [0.2, 0.25) is 0 Å². The molecule has 14 heteroatoms. The third-order valence-corrected chi connectivity index (χ3v) is 10.7. The van der Waals surface area contributed by atoms with Gasteiger partial charge in [-0.2, -0.15) is 5.26 Å². The number of benzene rings is 1. The smallest absolute Gasteiger partial charge is 0.309 e. The van der Waals surface area contributed by atoms with Crippen molar-refractivity contribution in [2.45, 2.75) is 150 Å². The zero-order valence-electron chi connectivity index (χ0n) is 34.3. The van der Waals surface area contributed by atoms with E-state index >= 15 is 0 Å². The highest BCUT2D eigenvalue weighted by molar-refractivity contribution is 7.13. The van der Waals surface area contributed by atoms with E-state index in [0.29, 0.717) is 37.2 Å². The largest absolute Gasteiger partial charge is 0.487 e. The van der Waals surface area contributed by atoms with Gasteiger partial charge in [0, 0.05) is 31.5 Å². The lowest BCUT2D eigenvalue weighted by molar-refractivity contribution is -0.161. The van der Waals surface area contributed by atoms with Gasteiger partial charge in [0.25, 0.3) is 0 Å². The van der Waals surface area contributed by atoms with Gasteiger partial charge in [-0.25, -0.2) is 4.98 Å². The van der Waals surface area contributed by atoms with Crippen molar-refractivity contribution in [2.24, 2.45) is 10.8 Å². The van der Waals surface area contributed by atoms with Crippen molar-refractivity contribution in [3.05, 3.63) is 35.0 Å². The average molecular weight is 782 g/mol.